The number of urea groups is 1. The number of fused-ring (bicyclic) bond motifs is 1. The SMILES string of the molecule is CC(Oc1ccc(/C=C2/C(=O)NC(=O)N(c3ccc4c(c3)OCO4)C2=O)cc1)C(=O)O. The quantitative estimate of drug-likeness (QED) is 0.550. The molecule has 0 aliphatic carbocycles. The van der Waals surface area contributed by atoms with Crippen molar-refractivity contribution in [2.75, 3.05) is 11.7 Å². The van der Waals surface area contributed by atoms with Crippen LogP contribution in [-0.2, 0) is 14.4 Å². The van der Waals surface area contributed by atoms with Crippen molar-refractivity contribution < 1.29 is 38.5 Å². The van der Waals surface area contributed by atoms with Gasteiger partial charge in [-0.25, -0.2) is 14.5 Å². The number of amides is 4. The van der Waals surface area contributed by atoms with Crippen LogP contribution in [0.3, 0.4) is 0 Å². The van der Waals surface area contributed by atoms with E-state index in [4.69, 9.17) is 19.3 Å². The third kappa shape index (κ3) is 3.90. The Morgan fingerprint density at radius 3 is 2.55 bits per heavy atom. The fourth-order valence-corrected chi connectivity index (χ4v) is 2.98. The second-order valence-electron chi connectivity index (χ2n) is 6.66. The van der Waals surface area contributed by atoms with Gasteiger partial charge in [0.05, 0.1) is 5.69 Å². The number of carboxylic acid groups (broad SMARTS) is 1. The third-order valence-corrected chi connectivity index (χ3v) is 4.57. The molecular weight excluding hydrogens is 408 g/mol. The molecule has 0 radical (unpaired) electrons. The number of carbonyl (C=O) groups excluding carboxylic acids is 3. The lowest BCUT2D eigenvalue weighted by Gasteiger charge is -2.26. The largest absolute Gasteiger partial charge is 0.479 e. The van der Waals surface area contributed by atoms with E-state index in [0.29, 0.717) is 22.8 Å². The smallest absolute Gasteiger partial charge is 0.344 e. The molecule has 1 unspecified atom stereocenters. The fourth-order valence-electron chi connectivity index (χ4n) is 2.98. The zero-order valence-electron chi connectivity index (χ0n) is 16.2. The van der Waals surface area contributed by atoms with Crippen molar-refractivity contribution in [2.45, 2.75) is 13.0 Å². The Morgan fingerprint density at radius 1 is 1.13 bits per heavy atom. The minimum atomic E-state index is -1.11. The number of hydrogen-bond acceptors (Lipinski definition) is 7. The highest BCUT2D eigenvalue weighted by molar-refractivity contribution is 6.39. The number of benzene rings is 2. The summed E-state index contributed by atoms with van der Waals surface area (Å²) in [6.45, 7) is 1.43. The number of nitrogens with zero attached hydrogens (tertiary/aromatic N) is 1. The van der Waals surface area contributed by atoms with E-state index in [2.05, 4.69) is 5.32 Å². The Bertz CT molecular complexity index is 1120. The van der Waals surface area contributed by atoms with E-state index in [9.17, 15) is 19.2 Å². The van der Waals surface area contributed by atoms with Crippen molar-refractivity contribution in [3.05, 3.63) is 53.6 Å². The molecule has 0 spiro atoms. The van der Waals surface area contributed by atoms with E-state index in [1.165, 1.54) is 37.3 Å². The van der Waals surface area contributed by atoms with Crippen LogP contribution in [0.4, 0.5) is 10.5 Å². The molecule has 0 bridgehead atoms. The molecule has 158 valence electrons. The molecule has 4 rings (SSSR count). The second kappa shape index (κ2) is 7.82. The van der Waals surface area contributed by atoms with Crippen molar-refractivity contribution in [1.29, 1.82) is 0 Å². The van der Waals surface area contributed by atoms with E-state index in [0.717, 1.165) is 4.90 Å². The van der Waals surface area contributed by atoms with E-state index in [-0.39, 0.29) is 18.1 Å². The monoisotopic (exact) mass is 424 g/mol. The number of barbiturate groups is 1. The van der Waals surface area contributed by atoms with E-state index in [1.54, 1.807) is 18.2 Å². The molecule has 0 saturated carbocycles. The Morgan fingerprint density at radius 2 is 1.84 bits per heavy atom. The third-order valence-electron chi connectivity index (χ3n) is 4.57. The molecule has 2 aliphatic rings. The lowest BCUT2D eigenvalue weighted by Crippen LogP contribution is -2.54. The van der Waals surface area contributed by atoms with Crippen LogP contribution in [0.5, 0.6) is 17.2 Å². The molecule has 1 saturated heterocycles. The summed E-state index contributed by atoms with van der Waals surface area (Å²) in [5.74, 6) is -1.55. The predicted octanol–water partition coefficient (Wildman–Crippen LogP) is 1.93. The first-order valence-electron chi connectivity index (χ1n) is 9.14. The van der Waals surface area contributed by atoms with E-state index >= 15 is 0 Å². The van der Waals surface area contributed by atoms with Crippen LogP contribution >= 0.6 is 0 Å². The predicted molar refractivity (Wildman–Crippen MR) is 106 cm³/mol. The van der Waals surface area contributed by atoms with Gasteiger partial charge in [-0.1, -0.05) is 12.1 Å². The maximum atomic E-state index is 13.0. The van der Waals surface area contributed by atoms with Crippen LogP contribution < -0.4 is 24.4 Å². The van der Waals surface area contributed by atoms with Crippen molar-refractivity contribution in [3.8, 4) is 17.2 Å². The van der Waals surface area contributed by atoms with Crippen molar-refractivity contribution in [1.82, 2.24) is 5.32 Å². The average molecular weight is 424 g/mol. The highest BCUT2D eigenvalue weighted by atomic mass is 16.7. The van der Waals surface area contributed by atoms with Crippen molar-refractivity contribution >= 4 is 35.6 Å². The maximum Gasteiger partial charge on any atom is 0.344 e. The topological polar surface area (TPSA) is 131 Å². The van der Waals surface area contributed by atoms with Gasteiger partial charge in [0.1, 0.15) is 11.3 Å². The van der Waals surface area contributed by atoms with E-state index < -0.39 is 29.9 Å². The number of aliphatic carboxylic acids is 1. The van der Waals surface area contributed by atoms with Crippen LogP contribution in [0.2, 0.25) is 0 Å². The van der Waals surface area contributed by atoms with Gasteiger partial charge in [-0.15, -0.1) is 0 Å². The zero-order chi connectivity index (χ0) is 22.1. The molecule has 10 nitrogen and oxygen atoms in total. The molecule has 10 heteroatoms. The number of rotatable bonds is 5. The first-order chi connectivity index (χ1) is 14.8. The number of ether oxygens (including phenoxy) is 3. The molecular formula is C21H16N2O8. The normalized spacial score (nSPS) is 17.5. The van der Waals surface area contributed by atoms with Crippen LogP contribution in [0.25, 0.3) is 6.08 Å². The van der Waals surface area contributed by atoms with Gasteiger partial charge in [-0.05, 0) is 42.8 Å². The van der Waals surface area contributed by atoms with E-state index in [1.807, 2.05) is 0 Å². The highest BCUT2D eigenvalue weighted by Crippen LogP contribution is 2.36. The van der Waals surface area contributed by atoms with Gasteiger partial charge >= 0.3 is 12.0 Å². The molecule has 2 aromatic carbocycles. The minimum Gasteiger partial charge on any atom is -0.479 e. The maximum absolute atomic E-state index is 13.0. The van der Waals surface area contributed by atoms with Gasteiger partial charge in [0.2, 0.25) is 6.79 Å². The van der Waals surface area contributed by atoms with Crippen LogP contribution in [0.1, 0.15) is 12.5 Å². The fraction of sp³-hybridized carbons (Fsp3) is 0.143. The average Bonchev–Trinajstić information content (AvgIpc) is 3.20. The molecule has 2 aliphatic heterocycles. The molecule has 2 heterocycles. The number of anilines is 1. The number of carboxylic acids is 1. The Hall–Kier alpha value is -4.34. The standard InChI is InChI=1S/C21H16N2O8/c1-11(20(26)27)31-14-5-2-12(3-6-14)8-15-18(24)22-21(28)23(19(15)25)13-4-7-16-17(9-13)30-10-29-16/h2-9,11H,10H2,1H3,(H,26,27)(H,22,24,28)/b15-8-. The van der Waals surface area contributed by atoms with Crippen molar-refractivity contribution in [2.24, 2.45) is 0 Å². The summed E-state index contributed by atoms with van der Waals surface area (Å²) in [6, 6.07) is 9.80. The Kier molecular flexibility index (Phi) is 5.04. The highest BCUT2D eigenvalue weighted by Gasteiger charge is 2.37. The number of nitrogens with one attached hydrogen (secondary N) is 1. The first kappa shape index (κ1) is 20.0. The summed E-state index contributed by atoms with van der Waals surface area (Å²) in [7, 11) is 0. The summed E-state index contributed by atoms with van der Waals surface area (Å²) >= 11 is 0. The number of carbonyl (C=O) groups is 4. The van der Waals surface area contributed by atoms with Crippen molar-refractivity contribution in [3.63, 3.8) is 0 Å². The van der Waals surface area contributed by atoms with Gasteiger partial charge in [0, 0.05) is 6.07 Å². The van der Waals surface area contributed by atoms with Crippen LogP contribution in [-0.4, -0.2) is 41.8 Å². The number of hydrogen-bond donors (Lipinski definition) is 2. The van der Waals surface area contributed by atoms with Gasteiger partial charge < -0.3 is 19.3 Å². The summed E-state index contributed by atoms with van der Waals surface area (Å²) in [5, 5.41) is 11.0. The van der Waals surface area contributed by atoms with Gasteiger partial charge in [-0.3, -0.25) is 14.9 Å². The summed E-state index contributed by atoms with van der Waals surface area (Å²) in [6.07, 6.45) is 0.297. The minimum absolute atomic E-state index is 0.0352. The molecule has 2 aromatic rings. The Labute approximate surface area is 175 Å². The van der Waals surface area contributed by atoms with Gasteiger partial charge in [0.25, 0.3) is 11.8 Å². The first-order valence-corrected chi connectivity index (χ1v) is 9.14. The summed E-state index contributed by atoms with van der Waals surface area (Å²) in [4.78, 5) is 49.3. The number of imide groups is 2. The van der Waals surface area contributed by atoms with Crippen LogP contribution in [0.15, 0.2) is 48.0 Å². The lowest BCUT2D eigenvalue weighted by atomic mass is 10.1. The lowest BCUT2D eigenvalue weighted by molar-refractivity contribution is -0.144. The Balaban J connectivity index is 1.59. The van der Waals surface area contributed by atoms with Gasteiger partial charge in [-0.2, -0.15) is 0 Å². The molecule has 31 heavy (non-hydrogen) atoms. The molecule has 0 aromatic heterocycles. The van der Waals surface area contributed by atoms with Gasteiger partial charge in [0.15, 0.2) is 17.6 Å². The molecule has 1 atom stereocenters. The zero-order valence-corrected chi connectivity index (χ0v) is 16.2. The molecule has 2 N–H and O–H groups in total. The summed E-state index contributed by atoms with van der Waals surface area (Å²) < 4.78 is 15.7. The molecule has 1 fully saturated rings. The second-order valence-corrected chi connectivity index (χ2v) is 6.66. The van der Waals surface area contributed by atoms with Crippen LogP contribution in [0, 0.1) is 0 Å². The summed E-state index contributed by atoms with van der Waals surface area (Å²) in [5.41, 5.74) is 0.454. The molecule has 4 amide bonds.